The van der Waals surface area contributed by atoms with Crippen LogP contribution in [-0.2, 0) is 4.79 Å². The van der Waals surface area contributed by atoms with Crippen molar-refractivity contribution in [2.24, 2.45) is 0 Å². The smallest absolute Gasteiger partial charge is 0.322 e. The molecule has 30 heavy (non-hydrogen) atoms. The average molecular weight is 406 g/mol. The van der Waals surface area contributed by atoms with Gasteiger partial charge < -0.3 is 13.6 Å². The van der Waals surface area contributed by atoms with E-state index in [1.807, 2.05) is 12.1 Å². The van der Waals surface area contributed by atoms with Crippen molar-refractivity contribution in [3.8, 4) is 17.4 Å². The SMILES string of the molecule is COc1cccc2cc(-c3nnc(NC(=O)C=Cc4cccc([N+](=O)[O-])c4)o3)oc12. The average Bonchev–Trinajstić information content (AvgIpc) is 3.39. The molecule has 0 spiro atoms. The second kappa shape index (κ2) is 7.87. The van der Waals surface area contributed by atoms with Crippen molar-refractivity contribution in [2.75, 3.05) is 12.4 Å². The van der Waals surface area contributed by atoms with Crippen LogP contribution in [0.25, 0.3) is 28.7 Å². The number of aromatic nitrogens is 2. The molecule has 0 aliphatic rings. The van der Waals surface area contributed by atoms with Crippen LogP contribution < -0.4 is 10.1 Å². The summed E-state index contributed by atoms with van der Waals surface area (Å²) in [6.07, 6.45) is 2.64. The number of furan rings is 1. The Balaban J connectivity index is 1.47. The number of rotatable bonds is 6. The summed E-state index contributed by atoms with van der Waals surface area (Å²) >= 11 is 0. The maximum Gasteiger partial charge on any atom is 0.322 e. The fraction of sp³-hybridized carbons (Fsp3) is 0.0500. The molecule has 0 bridgehead atoms. The summed E-state index contributed by atoms with van der Waals surface area (Å²) in [6, 6.07) is 12.9. The van der Waals surface area contributed by atoms with E-state index in [1.165, 1.54) is 30.4 Å². The summed E-state index contributed by atoms with van der Waals surface area (Å²) in [6.45, 7) is 0. The third-order valence-electron chi connectivity index (χ3n) is 4.10. The summed E-state index contributed by atoms with van der Waals surface area (Å²) in [5.74, 6) is 0.446. The molecule has 0 atom stereocenters. The van der Waals surface area contributed by atoms with Crippen molar-refractivity contribution < 1.29 is 23.3 Å². The Morgan fingerprint density at radius 1 is 1.17 bits per heavy atom. The van der Waals surface area contributed by atoms with Crippen molar-refractivity contribution in [1.82, 2.24) is 10.2 Å². The number of fused-ring (bicyclic) bond motifs is 1. The molecule has 2 aromatic carbocycles. The number of non-ortho nitro benzene ring substituents is 1. The van der Waals surface area contributed by atoms with E-state index in [2.05, 4.69) is 15.5 Å². The second-order valence-corrected chi connectivity index (χ2v) is 6.08. The fourth-order valence-corrected chi connectivity index (χ4v) is 2.74. The van der Waals surface area contributed by atoms with Crippen LogP contribution in [0.2, 0.25) is 0 Å². The van der Waals surface area contributed by atoms with E-state index in [0.29, 0.717) is 22.7 Å². The van der Waals surface area contributed by atoms with Gasteiger partial charge in [-0.25, -0.2) is 0 Å². The van der Waals surface area contributed by atoms with Crippen LogP contribution in [0, 0.1) is 10.1 Å². The number of hydrogen-bond donors (Lipinski definition) is 1. The highest BCUT2D eigenvalue weighted by Crippen LogP contribution is 2.33. The number of nitrogens with one attached hydrogen (secondary N) is 1. The van der Waals surface area contributed by atoms with Crippen molar-refractivity contribution >= 4 is 34.7 Å². The lowest BCUT2D eigenvalue weighted by molar-refractivity contribution is -0.384. The molecule has 1 amide bonds. The molecule has 0 radical (unpaired) electrons. The van der Waals surface area contributed by atoms with Crippen LogP contribution in [0.5, 0.6) is 5.75 Å². The first kappa shape index (κ1) is 18.9. The molecule has 4 aromatic rings. The molecule has 0 saturated carbocycles. The molecule has 0 saturated heterocycles. The minimum atomic E-state index is -0.539. The first-order chi connectivity index (χ1) is 14.5. The Hall–Kier alpha value is -4.47. The molecule has 10 nitrogen and oxygen atoms in total. The van der Waals surface area contributed by atoms with Gasteiger partial charge in [-0.15, -0.1) is 5.10 Å². The fourth-order valence-electron chi connectivity index (χ4n) is 2.74. The van der Waals surface area contributed by atoms with E-state index < -0.39 is 10.8 Å². The zero-order valence-corrected chi connectivity index (χ0v) is 15.6. The predicted molar refractivity (Wildman–Crippen MR) is 107 cm³/mol. The van der Waals surface area contributed by atoms with Crippen LogP contribution in [0.1, 0.15) is 5.56 Å². The van der Waals surface area contributed by atoms with Gasteiger partial charge in [-0.05, 0) is 23.8 Å². The highest BCUT2D eigenvalue weighted by Gasteiger charge is 2.16. The van der Waals surface area contributed by atoms with Gasteiger partial charge in [-0.3, -0.25) is 20.2 Å². The summed E-state index contributed by atoms with van der Waals surface area (Å²) < 4.78 is 16.4. The Morgan fingerprint density at radius 3 is 2.80 bits per heavy atom. The van der Waals surface area contributed by atoms with Gasteiger partial charge in [-0.1, -0.05) is 29.4 Å². The third-order valence-corrected chi connectivity index (χ3v) is 4.10. The normalized spacial score (nSPS) is 11.1. The van der Waals surface area contributed by atoms with Crippen LogP contribution in [0.4, 0.5) is 11.7 Å². The number of nitro groups is 1. The van der Waals surface area contributed by atoms with Crippen molar-refractivity contribution in [3.63, 3.8) is 0 Å². The second-order valence-electron chi connectivity index (χ2n) is 6.08. The lowest BCUT2D eigenvalue weighted by atomic mass is 10.2. The van der Waals surface area contributed by atoms with Gasteiger partial charge in [0.05, 0.1) is 12.0 Å². The molecule has 0 aliphatic carbocycles. The monoisotopic (exact) mass is 406 g/mol. The van der Waals surface area contributed by atoms with Crippen LogP contribution in [0.15, 0.2) is 63.4 Å². The minimum Gasteiger partial charge on any atom is -0.493 e. The molecule has 0 aliphatic heterocycles. The highest BCUT2D eigenvalue weighted by atomic mass is 16.6. The van der Waals surface area contributed by atoms with E-state index >= 15 is 0 Å². The van der Waals surface area contributed by atoms with E-state index in [0.717, 1.165) is 5.39 Å². The topological polar surface area (TPSA) is 134 Å². The molecular formula is C20H14N4O6. The van der Waals surface area contributed by atoms with E-state index in [1.54, 1.807) is 25.3 Å². The number of benzene rings is 2. The molecular weight excluding hydrogens is 392 g/mol. The summed E-state index contributed by atoms with van der Waals surface area (Å²) in [5, 5.41) is 21.7. The number of hydrogen-bond acceptors (Lipinski definition) is 8. The van der Waals surface area contributed by atoms with Gasteiger partial charge in [0.15, 0.2) is 17.1 Å². The first-order valence-corrected chi connectivity index (χ1v) is 8.67. The third kappa shape index (κ3) is 3.87. The van der Waals surface area contributed by atoms with Gasteiger partial charge >= 0.3 is 6.01 Å². The van der Waals surface area contributed by atoms with Crippen molar-refractivity contribution in [3.05, 3.63) is 70.3 Å². The summed E-state index contributed by atoms with van der Waals surface area (Å²) in [4.78, 5) is 22.4. The quantitative estimate of drug-likeness (QED) is 0.288. The Bertz CT molecular complexity index is 1270. The number of ether oxygens (including phenoxy) is 1. The molecule has 2 heterocycles. The van der Waals surface area contributed by atoms with E-state index in [9.17, 15) is 14.9 Å². The minimum absolute atomic E-state index is 0.0680. The Labute approximate surface area is 168 Å². The molecule has 150 valence electrons. The maximum atomic E-state index is 12.1. The summed E-state index contributed by atoms with van der Waals surface area (Å²) in [5.41, 5.74) is 0.974. The number of carbonyl (C=O) groups is 1. The number of nitrogens with zero attached hydrogens (tertiary/aromatic N) is 3. The van der Waals surface area contributed by atoms with Gasteiger partial charge in [-0.2, -0.15) is 0 Å². The first-order valence-electron chi connectivity index (χ1n) is 8.67. The molecule has 0 unspecified atom stereocenters. The van der Waals surface area contributed by atoms with Gasteiger partial charge in [0, 0.05) is 23.6 Å². The number of para-hydroxylation sites is 1. The number of anilines is 1. The number of nitro benzene ring substituents is 1. The highest BCUT2D eigenvalue weighted by molar-refractivity contribution is 6.00. The molecule has 1 N–H and O–H groups in total. The van der Waals surface area contributed by atoms with E-state index in [-0.39, 0.29) is 17.6 Å². The van der Waals surface area contributed by atoms with Crippen LogP contribution in [0.3, 0.4) is 0 Å². The molecule has 0 fully saturated rings. The number of carbonyl (C=O) groups excluding carboxylic acids is 1. The number of amides is 1. The predicted octanol–water partition coefficient (Wildman–Crippen LogP) is 4.05. The van der Waals surface area contributed by atoms with Crippen molar-refractivity contribution in [2.45, 2.75) is 0 Å². The molecule has 4 rings (SSSR count). The lowest BCUT2D eigenvalue weighted by Crippen LogP contribution is -2.07. The maximum absolute atomic E-state index is 12.1. The van der Waals surface area contributed by atoms with Gasteiger partial charge in [0.25, 0.3) is 17.5 Å². The molecule has 2 aromatic heterocycles. The van der Waals surface area contributed by atoms with Gasteiger partial charge in [0.1, 0.15) is 0 Å². The van der Waals surface area contributed by atoms with Crippen LogP contribution in [-0.4, -0.2) is 28.1 Å². The van der Waals surface area contributed by atoms with Crippen LogP contribution >= 0.6 is 0 Å². The zero-order valence-electron chi connectivity index (χ0n) is 15.6. The summed E-state index contributed by atoms with van der Waals surface area (Å²) in [7, 11) is 1.54. The Morgan fingerprint density at radius 2 is 2.00 bits per heavy atom. The van der Waals surface area contributed by atoms with E-state index in [4.69, 9.17) is 13.6 Å². The van der Waals surface area contributed by atoms with Gasteiger partial charge in [0.2, 0.25) is 0 Å². The largest absolute Gasteiger partial charge is 0.493 e. The zero-order chi connectivity index (χ0) is 21.1. The van der Waals surface area contributed by atoms with Crippen molar-refractivity contribution in [1.29, 1.82) is 0 Å². The number of methoxy groups -OCH3 is 1. The standard InChI is InChI=1S/C20H14N4O6/c1-28-15-7-3-5-13-11-16(29-18(13)15)19-22-23-20(30-19)21-17(25)9-8-12-4-2-6-14(10-12)24(26)27/h2-11H,1H3,(H,21,23,25). The molecule has 10 heteroatoms. The lowest BCUT2D eigenvalue weighted by Gasteiger charge is -1.98. The Kier molecular flexibility index (Phi) is 4.95.